The lowest BCUT2D eigenvalue weighted by molar-refractivity contribution is 0.0965. The highest BCUT2D eigenvalue weighted by Gasteiger charge is 2.25. The summed E-state index contributed by atoms with van der Waals surface area (Å²) in [7, 11) is 0. The topological polar surface area (TPSA) is 68.2 Å². The van der Waals surface area contributed by atoms with E-state index in [0.29, 0.717) is 29.5 Å². The fourth-order valence-corrected chi connectivity index (χ4v) is 4.88. The summed E-state index contributed by atoms with van der Waals surface area (Å²) in [5.41, 5.74) is 6.24. The molecular weight excluding hydrogens is 344 g/mol. The van der Waals surface area contributed by atoms with Crippen LogP contribution < -0.4 is 5.73 Å². The molecule has 0 radical (unpaired) electrons. The molecule has 0 bridgehead atoms. The molecule has 1 aliphatic heterocycles. The lowest BCUT2D eigenvalue weighted by atomic mass is 9.97. The largest absolute Gasteiger partial charge is 0.458 e. The van der Waals surface area contributed by atoms with Gasteiger partial charge in [0.2, 0.25) is 0 Å². The molecule has 1 saturated heterocycles. The monoisotopic (exact) mass is 370 g/mol. The molecule has 2 atom stereocenters. The Labute approximate surface area is 158 Å². The number of nitrogen functional groups attached to an aromatic ring is 1. The normalized spacial score (nSPS) is 21.5. The molecule has 2 N–H and O–H groups in total. The van der Waals surface area contributed by atoms with E-state index in [1.165, 1.54) is 24.1 Å². The zero-order chi connectivity index (χ0) is 18.3. The number of rotatable bonds is 4. The van der Waals surface area contributed by atoms with Crippen LogP contribution in [-0.2, 0) is 13.0 Å². The van der Waals surface area contributed by atoms with E-state index in [4.69, 9.17) is 15.1 Å². The van der Waals surface area contributed by atoms with Crippen molar-refractivity contribution in [2.45, 2.75) is 65.1 Å². The van der Waals surface area contributed by atoms with Crippen molar-refractivity contribution in [3.8, 4) is 11.6 Å². The molecular formula is C20H26N4OS. The quantitative estimate of drug-likeness (QED) is 0.710. The Morgan fingerprint density at radius 1 is 1.23 bits per heavy atom. The van der Waals surface area contributed by atoms with Crippen LogP contribution in [0.2, 0.25) is 0 Å². The summed E-state index contributed by atoms with van der Waals surface area (Å²) in [6.07, 6.45) is 4.74. The first-order chi connectivity index (χ1) is 12.5. The van der Waals surface area contributed by atoms with Gasteiger partial charge in [0, 0.05) is 29.9 Å². The maximum absolute atomic E-state index is 6.24. The molecule has 4 rings (SSSR count). The third kappa shape index (κ3) is 3.23. The number of nitrogens with two attached hydrogens (primary N) is 1. The second-order valence-corrected chi connectivity index (χ2v) is 8.40. The first kappa shape index (κ1) is 17.5. The molecule has 2 unspecified atom stereocenters. The molecule has 0 aromatic carbocycles. The van der Waals surface area contributed by atoms with Gasteiger partial charge >= 0.3 is 0 Å². The molecule has 5 nitrogen and oxygen atoms in total. The number of furan rings is 1. The van der Waals surface area contributed by atoms with E-state index >= 15 is 0 Å². The van der Waals surface area contributed by atoms with E-state index in [-0.39, 0.29) is 0 Å². The van der Waals surface area contributed by atoms with Crippen LogP contribution in [0.15, 0.2) is 22.6 Å². The maximum Gasteiger partial charge on any atom is 0.199 e. The van der Waals surface area contributed by atoms with E-state index in [0.717, 1.165) is 28.9 Å². The fraction of sp³-hybridized carbons (Fsp3) is 0.500. The molecule has 1 aliphatic rings. The van der Waals surface area contributed by atoms with Crippen LogP contribution in [-0.4, -0.2) is 27.0 Å². The molecule has 0 amide bonds. The maximum atomic E-state index is 6.24. The standard InChI is InChI=1S/C20H26N4OS/c1-4-14-8-9-17(25-14)19-22-18(21)16-10-15(26-20(16)23-19)11-24-12(2)6-5-7-13(24)3/h8-10,12-13H,4-7,11H2,1-3H3,(H2,21,22,23). The van der Waals surface area contributed by atoms with E-state index < -0.39 is 0 Å². The number of likely N-dealkylation sites (tertiary alicyclic amines) is 1. The van der Waals surface area contributed by atoms with E-state index in [2.05, 4.69) is 36.7 Å². The van der Waals surface area contributed by atoms with Crippen LogP contribution in [0.3, 0.4) is 0 Å². The number of piperidine rings is 1. The summed E-state index contributed by atoms with van der Waals surface area (Å²) in [4.78, 5) is 14.0. The average Bonchev–Trinajstić information content (AvgIpc) is 3.25. The highest BCUT2D eigenvalue weighted by atomic mass is 32.1. The van der Waals surface area contributed by atoms with Crippen LogP contribution >= 0.6 is 11.3 Å². The van der Waals surface area contributed by atoms with Gasteiger partial charge in [0.25, 0.3) is 0 Å². The summed E-state index contributed by atoms with van der Waals surface area (Å²) in [5, 5.41) is 0.952. The van der Waals surface area contributed by atoms with Crippen molar-refractivity contribution in [1.29, 1.82) is 0 Å². The lowest BCUT2D eigenvalue weighted by Crippen LogP contribution is -2.42. The fourth-order valence-electron chi connectivity index (χ4n) is 3.84. The number of hydrogen-bond donors (Lipinski definition) is 1. The number of aromatic nitrogens is 2. The summed E-state index contributed by atoms with van der Waals surface area (Å²) in [5.74, 6) is 2.72. The van der Waals surface area contributed by atoms with Crippen molar-refractivity contribution in [3.05, 3.63) is 28.8 Å². The summed E-state index contributed by atoms with van der Waals surface area (Å²) >= 11 is 1.72. The molecule has 6 heteroatoms. The number of anilines is 1. The van der Waals surface area contributed by atoms with Crippen LogP contribution in [0, 0.1) is 0 Å². The Bertz CT molecular complexity index is 906. The highest BCUT2D eigenvalue weighted by Crippen LogP contribution is 2.33. The molecule has 4 heterocycles. The zero-order valence-corrected chi connectivity index (χ0v) is 16.5. The predicted octanol–water partition coefficient (Wildman–Crippen LogP) is 4.86. The lowest BCUT2D eigenvalue weighted by Gasteiger charge is -2.38. The number of hydrogen-bond acceptors (Lipinski definition) is 6. The van der Waals surface area contributed by atoms with Gasteiger partial charge in [-0.15, -0.1) is 11.3 Å². The Hall–Kier alpha value is -1.92. The zero-order valence-electron chi connectivity index (χ0n) is 15.7. The Morgan fingerprint density at radius 2 is 2.00 bits per heavy atom. The Kier molecular flexibility index (Phi) is 4.71. The minimum Gasteiger partial charge on any atom is -0.458 e. The summed E-state index contributed by atoms with van der Waals surface area (Å²) in [6.45, 7) is 7.68. The minimum atomic E-state index is 0.529. The first-order valence-corrected chi connectivity index (χ1v) is 10.3. The summed E-state index contributed by atoms with van der Waals surface area (Å²) in [6, 6.07) is 7.30. The Morgan fingerprint density at radius 3 is 2.69 bits per heavy atom. The summed E-state index contributed by atoms with van der Waals surface area (Å²) < 4.78 is 5.80. The first-order valence-electron chi connectivity index (χ1n) is 9.46. The SMILES string of the molecule is CCc1ccc(-c2nc(N)c3cc(CN4C(C)CCCC4C)sc3n2)o1. The van der Waals surface area contributed by atoms with Gasteiger partial charge in [0.05, 0.1) is 5.39 Å². The third-order valence-electron chi connectivity index (χ3n) is 5.42. The van der Waals surface area contributed by atoms with Crippen molar-refractivity contribution < 1.29 is 4.42 Å². The van der Waals surface area contributed by atoms with Gasteiger partial charge in [0.15, 0.2) is 11.6 Å². The van der Waals surface area contributed by atoms with Crippen molar-refractivity contribution >= 4 is 27.4 Å². The molecule has 0 spiro atoms. The number of nitrogens with zero attached hydrogens (tertiary/aromatic N) is 3. The Balaban J connectivity index is 1.65. The average molecular weight is 371 g/mol. The smallest absolute Gasteiger partial charge is 0.199 e. The van der Waals surface area contributed by atoms with Gasteiger partial charge in [-0.05, 0) is 44.9 Å². The van der Waals surface area contributed by atoms with Gasteiger partial charge < -0.3 is 10.2 Å². The van der Waals surface area contributed by atoms with Crippen LogP contribution in [0.25, 0.3) is 21.8 Å². The highest BCUT2D eigenvalue weighted by molar-refractivity contribution is 7.18. The van der Waals surface area contributed by atoms with Gasteiger partial charge in [-0.3, -0.25) is 4.90 Å². The van der Waals surface area contributed by atoms with Crippen LogP contribution in [0.1, 0.15) is 50.7 Å². The van der Waals surface area contributed by atoms with E-state index in [1.807, 2.05) is 12.1 Å². The van der Waals surface area contributed by atoms with Crippen molar-refractivity contribution in [2.24, 2.45) is 0 Å². The van der Waals surface area contributed by atoms with E-state index in [1.54, 1.807) is 11.3 Å². The van der Waals surface area contributed by atoms with Crippen LogP contribution in [0.5, 0.6) is 0 Å². The van der Waals surface area contributed by atoms with Crippen molar-refractivity contribution in [2.75, 3.05) is 5.73 Å². The minimum absolute atomic E-state index is 0.529. The van der Waals surface area contributed by atoms with Gasteiger partial charge in [0.1, 0.15) is 16.4 Å². The van der Waals surface area contributed by atoms with Crippen LogP contribution in [0.4, 0.5) is 5.82 Å². The molecule has 0 saturated carbocycles. The van der Waals surface area contributed by atoms with Crippen molar-refractivity contribution in [1.82, 2.24) is 14.9 Å². The predicted molar refractivity (Wildman–Crippen MR) is 107 cm³/mol. The number of thiophene rings is 1. The second-order valence-electron chi connectivity index (χ2n) is 7.28. The third-order valence-corrected chi connectivity index (χ3v) is 6.43. The second kappa shape index (κ2) is 7.00. The molecule has 138 valence electrons. The molecule has 1 fully saturated rings. The number of aryl methyl sites for hydroxylation is 1. The van der Waals surface area contributed by atoms with Gasteiger partial charge in [-0.25, -0.2) is 9.97 Å². The number of fused-ring (bicyclic) bond motifs is 1. The van der Waals surface area contributed by atoms with Gasteiger partial charge in [-0.2, -0.15) is 0 Å². The van der Waals surface area contributed by atoms with Crippen molar-refractivity contribution in [3.63, 3.8) is 0 Å². The van der Waals surface area contributed by atoms with Gasteiger partial charge in [-0.1, -0.05) is 13.3 Å². The molecule has 0 aliphatic carbocycles. The molecule has 26 heavy (non-hydrogen) atoms. The van der Waals surface area contributed by atoms with E-state index in [9.17, 15) is 0 Å². The molecule has 3 aromatic rings. The molecule has 3 aromatic heterocycles.